The Morgan fingerprint density at radius 2 is 1.56 bits per heavy atom. The zero-order valence-electron chi connectivity index (χ0n) is 15.0. The summed E-state index contributed by atoms with van der Waals surface area (Å²) in [6.07, 6.45) is 0. The summed E-state index contributed by atoms with van der Waals surface area (Å²) < 4.78 is 0. The van der Waals surface area contributed by atoms with Crippen molar-refractivity contribution in [2.45, 2.75) is 19.9 Å². The first-order valence-corrected chi connectivity index (χ1v) is 8.46. The number of anilines is 1. The van der Waals surface area contributed by atoms with Crippen LogP contribution in [0.5, 0.6) is 0 Å². The van der Waals surface area contributed by atoms with E-state index in [1.807, 2.05) is 75.5 Å². The summed E-state index contributed by atoms with van der Waals surface area (Å²) >= 11 is 0. The molecule has 2 aromatic carbocycles. The van der Waals surface area contributed by atoms with Gasteiger partial charge in [-0.1, -0.05) is 48.0 Å². The highest BCUT2D eigenvalue weighted by Gasteiger charge is 2.16. The molecule has 0 saturated heterocycles. The Kier molecular flexibility index (Phi) is 6.71. The van der Waals surface area contributed by atoms with Crippen LogP contribution >= 0.6 is 0 Å². The van der Waals surface area contributed by atoms with Crippen LogP contribution in [0.4, 0.5) is 5.69 Å². The summed E-state index contributed by atoms with van der Waals surface area (Å²) in [7, 11) is 1.83. The fraction of sp³-hybridized carbons (Fsp3) is 0.300. The monoisotopic (exact) mass is 340 g/mol. The molecule has 0 aliphatic carbocycles. The number of hydrogen-bond donors (Lipinski definition) is 3. The molecule has 0 fully saturated rings. The highest BCUT2D eigenvalue weighted by molar-refractivity contribution is 5.91. The highest BCUT2D eigenvalue weighted by atomic mass is 16.2. The third-order valence-corrected chi connectivity index (χ3v) is 3.94. The van der Waals surface area contributed by atoms with Crippen molar-refractivity contribution in [3.05, 3.63) is 65.7 Å². The van der Waals surface area contributed by atoms with Gasteiger partial charge in [0.1, 0.15) is 0 Å². The minimum atomic E-state index is -0.106. The molecule has 1 unspecified atom stereocenters. The molecule has 5 nitrogen and oxygen atoms in total. The van der Waals surface area contributed by atoms with E-state index in [9.17, 15) is 9.59 Å². The number of nitrogens with one attached hydrogen (secondary N) is 3. The van der Waals surface area contributed by atoms with E-state index in [4.69, 9.17) is 0 Å². The minimum absolute atomic E-state index is 0.0529. The topological polar surface area (TPSA) is 62.6 Å². The fourth-order valence-corrected chi connectivity index (χ4v) is 2.57. The molecule has 0 bridgehead atoms. The number of benzene rings is 2. The Bertz CT molecular complexity index is 699. The fourth-order valence-electron chi connectivity index (χ4n) is 2.57. The van der Waals surface area contributed by atoms with Crippen molar-refractivity contribution < 1.29 is 14.5 Å². The lowest BCUT2D eigenvalue weighted by Crippen LogP contribution is -3.11. The largest absolute Gasteiger partial charge is 0.345 e. The zero-order chi connectivity index (χ0) is 18.2. The predicted octanol–water partition coefficient (Wildman–Crippen LogP) is 1.33. The Morgan fingerprint density at radius 3 is 2.20 bits per heavy atom. The van der Waals surface area contributed by atoms with Crippen molar-refractivity contribution in [3.8, 4) is 0 Å². The van der Waals surface area contributed by atoms with Gasteiger partial charge in [-0.25, -0.2) is 0 Å². The summed E-state index contributed by atoms with van der Waals surface area (Å²) in [6.45, 7) is 4.44. The van der Waals surface area contributed by atoms with Gasteiger partial charge in [0.15, 0.2) is 13.1 Å². The van der Waals surface area contributed by atoms with Gasteiger partial charge < -0.3 is 15.5 Å². The number of likely N-dealkylation sites (N-methyl/N-ethyl adjacent to an activating group) is 1. The summed E-state index contributed by atoms with van der Waals surface area (Å²) in [5.74, 6) is -0.178. The molecular weight excluding hydrogens is 314 g/mol. The van der Waals surface area contributed by atoms with Crippen LogP contribution < -0.4 is 15.5 Å². The van der Waals surface area contributed by atoms with E-state index in [1.165, 1.54) is 0 Å². The Hall–Kier alpha value is -2.66. The third kappa shape index (κ3) is 6.39. The van der Waals surface area contributed by atoms with E-state index in [1.54, 1.807) is 0 Å². The van der Waals surface area contributed by atoms with E-state index < -0.39 is 0 Å². The summed E-state index contributed by atoms with van der Waals surface area (Å²) in [5.41, 5.74) is 2.97. The van der Waals surface area contributed by atoms with E-state index >= 15 is 0 Å². The van der Waals surface area contributed by atoms with Gasteiger partial charge in [0.25, 0.3) is 11.8 Å². The Morgan fingerprint density at radius 1 is 0.960 bits per heavy atom. The second-order valence-corrected chi connectivity index (χ2v) is 6.42. The van der Waals surface area contributed by atoms with Gasteiger partial charge in [0, 0.05) is 5.69 Å². The standard InChI is InChI=1S/C20H25N3O2/c1-15-9-11-18(12-10-15)22-20(25)14-23(3)13-19(24)21-16(2)17-7-5-4-6-8-17/h4-12,16H,13-14H2,1-3H3,(H,21,24)(H,22,25)/p+1/t16-/m1/s1. The first kappa shape index (κ1) is 18.7. The van der Waals surface area contributed by atoms with Crippen LogP contribution in [-0.2, 0) is 9.59 Å². The van der Waals surface area contributed by atoms with Gasteiger partial charge in [-0.15, -0.1) is 0 Å². The summed E-state index contributed by atoms with van der Waals surface area (Å²) in [6, 6.07) is 17.4. The average Bonchev–Trinajstić information content (AvgIpc) is 2.57. The molecule has 3 N–H and O–H groups in total. The summed E-state index contributed by atoms with van der Waals surface area (Å²) in [5, 5.41) is 5.81. The van der Waals surface area contributed by atoms with E-state index in [0.29, 0.717) is 0 Å². The first-order valence-electron chi connectivity index (χ1n) is 8.46. The minimum Gasteiger partial charge on any atom is -0.345 e. The third-order valence-electron chi connectivity index (χ3n) is 3.94. The van der Waals surface area contributed by atoms with Crippen molar-refractivity contribution in [1.82, 2.24) is 5.32 Å². The van der Waals surface area contributed by atoms with E-state index in [-0.39, 0.29) is 30.9 Å². The number of hydrogen-bond acceptors (Lipinski definition) is 2. The van der Waals surface area contributed by atoms with Crippen LogP contribution in [0.3, 0.4) is 0 Å². The molecule has 0 aliphatic rings. The smallest absolute Gasteiger partial charge is 0.279 e. The number of carbonyl (C=O) groups is 2. The Balaban J connectivity index is 1.76. The molecule has 0 radical (unpaired) electrons. The van der Waals surface area contributed by atoms with Gasteiger partial charge in [0.05, 0.1) is 13.1 Å². The lowest BCUT2D eigenvalue weighted by molar-refractivity contribution is -0.862. The van der Waals surface area contributed by atoms with Crippen LogP contribution in [0.2, 0.25) is 0 Å². The predicted molar refractivity (Wildman–Crippen MR) is 99.4 cm³/mol. The quantitative estimate of drug-likeness (QED) is 0.712. The van der Waals surface area contributed by atoms with Crippen molar-refractivity contribution >= 4 is 17.5 Å². The van der Waals surface area contributed by atoms with Crippen molar-refractivity contribution in [2.24, 2.45) is 0 Å². The maximum atomic E-state index is 12.2. The van der Waals surface area contributed by atoms with Crippen molar-refractivity contribution in [1.29, 1.82) is 0 Å². The Labute approximate surface area is 149 Å². The highest BCUT2D eigenvalue weighted by Crippen LogP contribution is 2.10. The molecule has 2 atom stereocenters. The van der Waals surface area contributed by atoms with Crippen molar-refractivity contribution in [2.75, 3.05) is 25.5 Å². The molecule has 5 heteroatoms. The maximum Gasteiger partial charge on any atom is 0.279 e. The molecule has 25 heavy (non-hydrogen) atoms. The molecule has 2 rings (SSSR count). The molecule has 0 spiro atoms. The number of carbonyl (C=O) groups excluding carboxylic acids is 2. The van der Waals surface area contributed by atoms with Gasteiger partial charge in [-0.2, -0.15) is 0 Å². The van der Waals surface area contributed by atoms with Crippen LogP contribution in [0.15, 0.2) is 54.6 Å². The molecule has 132 valence electrons. The molecule has 2 amide bonds. The molecular formula is C20H26N3O2+. The summed E-state index contributed by atoms with van der Waals surface area (Å²) in [4.78, 5) is 25.1. The second kappa shape index (κ2) is 8.99. The second-order valence-electron chi connectivity index (χ2n) is 6.42. The van der Waals surface area contributed by atoms with Crippen LogP contribution in [0.25, 0.3) is 0 Å². The van der Waals surface area contributed by atoms with Crippen LogP contribution in [0.1, 0.15) is 24.1 Å². The van der Waals surface area contributed by atoms with Crippen molar-refractivity contribution in [3.63, 3.8) is 0 Å². The van der Waals surface area contributed by atoms with Crippen LogP contribution in [0, 0.1) is 6.92 Å². The molecule has 0 aromatic heterocycles. The van der Waals surface area contributed by atoms with Crippen LogP contribution in [-0.4, -0.2) is 32.0 Å². The number of quaternary nitrogens is 1. The number of amides is 2. The number of rotatable bonds is 7. The van der Waals surface area contributed by atoms with Gasteiger partial charge in [0.2, 0.25) is 0 Å². The SMILES string of the molecule is Cc1ccc(NC(=O)C[NH+](C)CC(=O)N[C@H](C)c2ccccc2)cc1. The molecule has 0 saturated carbocycles. The molecule has 0 aliphatic heterocycles. The zero-order valence-corrected chi connectivity index (χ0v) is 15.0. The first-order chi connectivity index (χ1) is 11.9. The lowest BCUT2D eigenvalue weighted by atomic mass is 10.1. The molecule has 0 heterocycles. The molecule has 2 aromatic rings. The van der Waals surface area contributed by atoms with Gasteiger partial charge in [-0.3, -0.25) is 9.59 Å². The maximum absolute atomic E-state index is 12.2. The normalized spacial score (nSPS) is 12.9. The van der Waals surface area contributed by atoms with Gasteiger partial charge >= 0.3 is 0 Å². The average molecular weight is 340 g/mol. The van der Waals surface area contributed by atoms with Gasteiger partial charge in [-0.05, 0) is 31.5 Å². The van der Waals surface area contributed by atoms with E-state index in [0.717, 1.165) is 21.7 Å². The number of aryl methyl sites for hydroxylation is 1. The lowest BCUT2D eigenvalue weighted by Gasteiger charge is -2.17. The van der Waals surface area contributed by atoms with E-state index in [2.05, 4.69) is 10.6 Å².